The highest BCUT2D eigenvalue weighted by atomic mass is 32.2. The molecule has 32 heavy (non-hydrogen) atoms. The summed E-state index contributed by atoms with van der Waals surface area (Å²) in [7, 11) is -7.34. The molecule has 0 bridgehead atoms. The molecule has 8 heteroatoms. The molecular weight excluding hydrogens is 448 g/mol. The molecule has 4 aromatic rings. The standard InChI is InChI=1S/C24H18O6S2/c25-18-6-12-22(13-7-18)32(28,29)24-16-10-20(11-17-24)30-19-8-14-23(15-9-19)31(26,27)21-4-2-1-3-5-21/h1-17,25H. The molecule has 0 aliphatic rings. The number of rotatable bonds is 6. The maximum absolute atomic E-state index is 12.7. The minimum absolute atomic E-state index is 0.0183. The second kappa shape index (κ2) is 8.49. The van der Waals surface area contributed by atoms with Crippen molar-refractivity contribution in [3.05, 3.63) is 103 Å². The van der Waals surface area contributed by atoms with Gasteiger partial charge in [-0.2, -0.15) is 0 Å². The Balaban J connectivity index is 1.51. The van der Waals surface area contributed by atoms with Gasteiger partial charge >= 0.3 is 0 Å². The van der Waals surface area contributed by atoms with Crippen LogP contribution in [0.25, 0.3) is 0 Å². The predicted octanol–water partition coefficient (Wildman–Crippen LogP) is 4.85. The van der Waals surface area contributed by atoms with Crippen molar-refractivity contribution >= 4 is 19.7 Å². The molecule has 0 aliphatic carbocycles. The Labute approximate surface area is 186 Å². The first kappa shape index (κ1) is 21.6. The van der Waals surface area contributed by atoms with Gasteiger partial charge < -0.3 is 9.84 Å². The van der Waals surface area contributed by atoms with E-state index >= 15 is 0 Å². The van der Waals surface area contributed by atoms with E-state index in [2.05, 4.69) is 0 Å². The Hall–Kier alpha value is -3.62. The zero-order valence-electron chi connectivity index (χ0n) is 16.6. The van der Waals surface area contributed by atoms with E-state index in [9.17, 15) is 21.9 Å². The third-order valence-electron chi connectivity index (χ3n) is 4.70. The first-order chi connectivity index (χ1) is 15.3. The summed E-state index contributed by atoms with van der Waals surface area (Å²) >= 11 is 0. The first-order valence-electron chi connectivity index (χ1n) is 9.49. The van der Waals surface area contributed by atoms with Gasteiger partial charge in [-0.3, -0.25) is 0 Å². The Kier molecular flexibility index (Phi) is 5.73. The van der Waals surface area contributed by atoms with Crippen LogP contribution in [0.5, 0.6) is 17.2 Å². The highest BCUT2D eigenvalue weighted by Gasteiger charge is 2.18. The van der Waals surface area contributed by atoms with Gasteiger partial charge in [-0.1, -0.05) is 18.2 Å². The SMILES string of the molecule is O=S(=O)(c1ccccc1)c1ccc(Oc2ccc(S(=O)(=O)c3ccc(O)cc3)cc2)cc1. The number of hydrogen-bond donors (Lipinski definition) is 1. The predicted molar refractivity (Wildman–Crippen MR) is 118 cm³/mol. The van der Waals surface area contributed by atoms with Crippen molar-refractivity contribution in [1.29, 1.82) is 0 Å². The molecule has 0 atom stereocenters. The van der Waals surface area contributed by atoms with Gasteiger partial charge in [0, 0.05) is 0 Å². The average Bonchev–Trinajstić information content (AvgIpc) is 2.81. The molecule has 1 N–H and O–H groups in total. The Bertz CT molecular complexity index is 1430. The lowest BCUT2D eigenvalue weighted by molar-refractivity contribution is 0.474. The summed E-state index contributed by atoms with van der Waals surface area (Å²) in [5.74, 6) is 0.787. The monoisotopic (exact) mass is 466 g/mol. The number of phenolic OH excluding ortho intramolecular Hbond substituents is 1. The van der Waals surface area contributed by atoms with Crippen LogP contribution < -0.4 is 4.74 Å². The van der Waals surface area contributed by atoms with E-state index in [1.807, 2.05) is 0 Å². The van der Waals surface area contributed by atoms with E-state index in [4.69, 9.17) is 4.74 Å². The summed E-state index contributed by atoms with van der Waals surface area (Å²) < 4.78 is 56.4. The van der Waals surface area contributed by atoms with E-state index in [1.165, 1.54) is 84.9 Å². The number of phenols is 1. The second-order valence-corrected chi connectivity index (χ2v) is 10.8. The minimum Gasteiger partial charge on any atom is -0.508 e. The van der Waals surface area contributed by atoms with Crippen molar-refractivity contribution in [1.82, 2.24) is 0 Å². The number of sulfone groups is 2. The molecule has 0 saturated carbocycles. The molecule has 0 fully saturated rings. The number of ether oxygens (including phenoxy) is 1. The lowest BCUT2D eigenvalue weighted by atomic mass is 10.3. The van der Waals surface area contributed by atoms with Crippen LogP contribution >= 0.6 is 0 Å². The normalized spacial score (nSPS) is 11.8. The van der Waals surface area contributed by atoms with Crippen LogP contribution in [0.4, 0.5) is 0 Å². The molecule has 0 saturated heterocycles. The lowest BCUT2D eigenvalue weighted by Gasteiger charge is -2.09. The number of benzene rings is 4. The molecule has 4 aromatic carbocycles. The minimum atomic E-state index is -3.73. The maximum Gasteiger partial charge on any atom is 0.206 e. The van der Waals surface area contributed by atoms with Crippen LogP contribution in [0.1, 0.15) is 0 Å². The highest BCUT2D eigenvalue weighted by molar-refractivity contribution is 7.91. The Morgan fingerprint density at radius 1 is 0.469 bits per heavy atom. The van der Waals surface area contributed by atoms with Crippen molar-refractivity contribution in [2.45, 2.75) is 19.6 Å². The molecule has 162 valence electrons. The van der Waals surface area contributed by atoms with E-state index in [-0.39, 0.29) is 25.3 Å². The van der Waals surface area contributed by atoms with Gasteiger partial charge in [-0.25, -0.2) is 16.8 Å². The van der Waals surface area contributed by atoms with E-state index in [1.54, 1.807) is 18.2 Å². The van der Waals surface area contributed by atoms with E-state index < -0.39 is 19.7 Å². The summed E-state index contributed by atoms with van der Waals surface area (Å²) in [6.45, 7) is 0. The second-order valence-electron chi connectivity index (χ2n) is 6.86. The molecule has 0 unspecified atom stereocenters. The van der Waals surface area contributed by atoms with E-state index in [0.29, 0.717) is 11.5 Å². The summed E-state index contributed by atoms with van der Waals surface area (Å²) in [5.41, 5.74) is 0. The number of hydrogen-bond acceptors (Lipinski definition) is 6. The van der Waals surface area contributed by atoms with Crippen molar-refractivity contribution in [2.75, 3.05) is 0 Å². The van der Waals surface area contributed by atoms with Crippen molar-refractivity contribution in [2.24, 2.45) is 0 Å². The van der Waals surface area contributed by atoms with Gasteiger partial charge in [0.1, 0.15) is 17.2 Å². The first-order valence-corrected chi connectivity index (χ1v) is 12.5. The van der Waals surface area contributed by atoms with Crippen molar-refractivity contribution < 1.29 is 26.7 Å². The quantitative estimate of drug-likeness (QED) is 0.436. The molecule has 0 radical (unpaired) electrons. The van der Waals surface area contributed by atoms with Gasteiger partial charge in [0.15, 0.2) is 0 Å². The maximum atomic E-state index is 12.7. The number of aromatic hydroxyl groups is 1. The Morgan fingerprint density at radius 3 is 1.22 bits per heavy atom. The van der Waals surface area contributed by atoms with E-state index in [0.717, 1.165) is 0 Å². The molecule has 6 nitrogen and oxygen atoms in total. The Morgan fingerprint density at radius 2 is 0.812 bits per heavy atom. The summed E-state index contributed by atoms with van der Waals surface area (Å²) in [5, 5.41) is 9.34. The third kappa shape index (κ3) is 4.37. The van der Waals surface area contributed by atoms with Gasteiger partial charge in [-0.05, 0) is 84.9 Å². The smallest absolute Gasteiger partial charge is 0.206 e. The topological polar surface area (TPSA) is 97.7 Å². The van der Waals surface area contributed by atoms with Gasteiger partial charge in [0.25, 0.3) is 0 Å². The molecule has 0 amide bonds. The van der Waals surface area contributed by atoms with Crippen LogP contribution in [-0.4, -0.2) is 21.9 Å². The summed E-state index contributed by atoms with van der Waals surface area (Å²) in [6.07, 6.45) is 0. The molecule has 0 heterocycles. The summed E-state index contributed by atoms with van der Waals surface area (Å²) in [4.78, 5) is 0.504. The summed E-state index contributed by atoms with van der Waals surface area (Å²) in [6, 6.07) is 25.3. The van der Waals surface area contributed by atoms with Gasteiger partial charge in [-0.15, -0.1) is 0 Å². The fourth-order valence-electron chi connectivity index (χ4n) is 3.01. The largest absolute Gasteiger partial charge is 0.508 e. The molecule has 0 spiro atoms. The van der Waals surface area contributed by atoms with Gasteiger partial charge in [0.05, 0.1) is 19.6 Å². The third-order valence-corrected chi connectivity index (χ3v) is 8.28. The average molecular weight is 467 g/mol. The van der Waals surface area contributed by atoms with Crippen molar-refractivity contribution in [3.63, 3.8) is 0 Å². The van der Waals surface area contributed by atoms with Crippen LogP contribution in [-0.2, 0) is 19.7 Å². The van der Waals surface area contributed by atoms with Crippen molar-refractivity contribution in [3.8, 4) is 17.2 Å². The zero-order chi connectivity index (χ0) is 22.8. The lowest BCUT2D eigenvalue weighted by Crippen LogP contribution is -2.02. The van der Waals surface area contributed by atoms with Crippen LogP contribution in [0.15, 0.2) is 123 Å². The molecule has 0 aromatic heterocycles. The van der Waals surface area contributed by atoms with Crippen LogP contribution in [0.2, 0.25) is 0 Å². The molecular formula is C24H18O6S2. The molecule has 0 aliphatic heterocycles. The zero-order valence-corrected chi connectivity index (χ0v) is 18.3. The van der Waals surface area contributed by atoms with Crippen LogP contribution in [0, 0.1) is 0 Å². The molecule has 4 rings (SSSR count). The fourth-order valence-corrected chi connectivity index (χ4v) is 5.55. The van der Waals surface area contributed by atoms with Crippen LogP contribution in [0.3, 0.4) is 0 Å². The van der Waals surface area contributed by atoms with Gasteiger partial charge in [0.2, 0.25) is 19.7 Å². The fraction of sp³-hybridized carbons (Fsp3) is 0. The highest BCUT2D eigenvalue weighted by Crippen LogP contribution is 2.28.